The molecule has 1 aromatic heterocycles. The number of aliphatic imine (C=N–C) groups is 1. The molecule has 0 saturated heterocycles. The predicted molar refractivity (Wildman–Crippen MR) is 73.5 cm³/mol. The van der Waals surface area contributed by atoms with E-state index in [1.807, 2.05) is 6.92 Å². The van der Waals surface area contributed by atoms with Crippen molar-refractivity contribution in [2.24, 2.45) is 10.7 Å². The molecule has 0 saturated carbocycles. The van der Waals surface area contributed by atoms with Gasteiger partial charge in [-0.15, -0.1) is 11.3 Å². The lowest BCUT2D eigenvalue weighted by Crippen LogP contribution is -2.32. The van der Waals surface area contributed by atoms with Gasteiger partial charge >= 0.3 is 0 Å². The first kappa shape index (κ1) is 14.0. The molecule has 0 amide bonds. The number of ether oxygens (including phenoxy) is 1. The van der Waals surface area contributed by atoms with Crippen molar-refractivity contribution in [2.75, 3.05) is 19.8 Å². The first-order valence-corrected chi connectivity index (χ1v) is 6.71. The van der Waals surface area contributed by atoms with Crippen LogP contribution in [0.3, 0.4) is 0 Å². The van der Waals surface area contributed by atoms with E-state index in [-0.39, 0.29) is 0 Å². The van der Waals surface area contributed by atoms with E-state index in [0.29, 0.717) is 12.5 Å². The first-order chi connectivity index (χ1) is 8.22. The molecule has 0 aliphatic carbocycles. The number of nitrogens with zero attached hydrogens (tertiary/aromatic N) is 1. The molecular formula is C12H21N3OS. The summed E-state index contributed by atoms with van der Waals surface area (Å²) in [6.07, 6.45) is 0.947. The molecule has 0 radical (unpaired) electrons. The normalized spacial score (nSPS) is 11.8. The number of aryl methyl sites for hydroxylation is 1. The molecule has 0 aromatic carbocycles. The zero-order valence-corrected chi connectivity index (χ0v) is 11.3. The van der Waals surface area contributed by atoms with Crippen LogP contribution in [-0.2, 0) is 11.3 Å². The average molecular weight is 255 g/mol. The van der Waals surface area contributed by atoms with Gasteiger partial charge < -0.3 is 15.8 Å². The van der Waals surface area contributed by atoms with E-state index in [0.717, 1.165) is 26.2 Å². The molecule has 17 heavy (non-hydrogen) atoms. The second-order valence-electron chi connectivity index (χ2n) is 3.69. The topological polar surface area (TPSA) is 59.6 Å². The van der Waals surface area contributed by atoms with Crippen LogP contribution in [0.2, 0.25) is 0 Å². The summed E-state index contributed by atoms with van der Waals surface area (Å²) in [6, 6.07) is 4.19. The minimum Gasteiger partial charge on any atom is -0.382 e. The molecule has 96 valence electrons. The summed E-state index contributed by atoms with van der Waals surface area (Å²) >= 11 is 1.75. The van der Waals surface area contributed by atoms with Crippen LogP contribution in [-0.4, -0.2) is 25.7 Å². The number of rotatable bonds is 7. The van der Waals surface area contributed by atoms with Gasteiger partial charge in [-0.2, -0.15) is 0 Å². The van der Waals surface area contributed by atoms with Crippen molar-refractivity contribution in [1.29, 1.82) is 0 Å². The zero-order valence-electron chi connectivity index (χ0n) is 10.5. The Morgan fingerprint density at radius 2 is 2.35 bits per heavy atom. The monoisotopic (exact) mass is 255 g/mol. The highest BCUT2D eigenvalue weighted by molar-refractivity contribution is 7.11. The minimum absolute atomic E-state index is 0.507. The average Bonchev–Trinajstić information content (AvgIpc) is 2.72. The van der Waals surface area contributed by atoms with Crippen LogP contribution < -0.4 is 11.1 Å². The van der Waals surface area contributed by atoms with E-state index in [1.54, 1.807) is 11.3 Å². The predicted octanol–water partition coefficient (Wildman–Crippen LogP) is 1.89. The van der Waals surface area contributed by atoms with E-state index in [4.69, 9.17) is 10.5 Å². The summed E-state index contributed by atoms with van der Waals surface area (Å²) in [7, 11) is 0. The van der Waals surface area contributed by atoms with E-state index in [9.17, 15) is 0 Å². The molecule has 3 N–H and O–H groups in total. The van der Waals surface area contributed by atoms with Crippen molar-refractivity contribution in [3.8, 4) is 0 Å². The van der Waals surface area contributed by atoms with Crippen LogP contribution in [0, 0.1) is 6.92 Å². The van der Waals surface area contributed by atoms with Gasteiger partial charge in [0, 0.05) is 29.5 Å². The smallest absolute Gasteiger partial charge is 0.188 e. The molecule has 4 nitrogen and oxygen atoms in total. The van der Waals surface area contributed by atoms with Crippen LogP contribution >= 0.6 is 11.3 Å². The summed E-state index contributed by atoms with van der Waals surface area (Å²) in [6.45, 7) is 7.07. The molecule has 5 heteroatoms. The number of nitrogens with one attached hydrogen (secondary N) is 1. The standard InChI is InChI=1S/C12H21N3OS/c1-3-16-8-4-7-14-12(13)15-9-11-6-5-10(2)17-11/h5-6H,3-4,7-9H2,1-2H3,(H3,13,14,15). The van der Waals surface area contributed by atoms with Crippen LogP contribution in [0.4, 0.5) is 0 Å². The Balaban J connectivity index is 2.16. The molecule has 1 aromatic rings. The van der Waals surface area contributed by atoms with E-state index < -0.39 is 0 Å². The largest absolute Gasteiger partial charge is 0.382 e. The van der Waals surface area contributed by atoms with Gasteiger partial charge in [0.2, 0.25) is 0 Å². The Kier molecular flexibility index (Phi) is 6.65. The molecule has 1 rings (SSSR count). The highest BCUT2D eigenvalue weighted by Crippen LogP contribution is 2.15. The Hall–Kier alpha value is -1.07. The number of nitrogens with two attached hydrogens (primary N) is 1. The molecule has 0 spiro atoms. The fourth-order valence-corrected chi connectivity index (χ4v) is 2.14. The zero-order chi connectivity index (χ0) is 12.5. The van der Waals surface area contributed by atoms with Gasteiger partial charge in [0.05, 0.1) is 6.54 Å². The van der Waals surface area contributed by atoms with Gasteiger partial charge in [-0.25, -0.2) is 4.99 Å². The van der Waals surface area contributed by atoms with Crippen molar-refractivity contribution in [1.82, 2.24) is 5.32 Å². The van der Waals surface area contributed by atoms with Gasteiger partial charge in [-0.05, 0) is 32.4 Å². The maximum absolute atomic E-state index is 5.75. The number of hydrogen-bond donors (Lipinski definition) is 2. The van der Waals surface area contributed by atoms with Gasteiger partial charge in [0.15, 0.2) is 5.96 Å². The van der Waals surface area contributed by atoms with Gasteiger partial charge in [-0.3, -0.25) is 0 Å². The molecule has 0 aliphatic heterocycles. The van der Waals surface area contributed by atoms with E-state index >= 15 is 0 Å². The Bertz CT molecular complexity index is 349. The lowest BCUT2D eigenvalue weighted by atomic mass is 10.4. The maximum atomic E-state index is 5.75. The van der Waals surface area contributed by atoms with Crippen molar-refractivity contribution >= 4 is 17.3 Å². The van der Waals surface area contributed by atoms with Gasteiger partial charge in [0.25, 0.3) is 0 Å². The molecule has 0 atom stereocenters. The summed E-state index contributed by atoms with van der Waals surface area (Å²) < 4.78 is 5.23. The van der Waals surface area contributed by atoms with Crippen molar-refractivity contribution in [3.05, 3.63) is 21.9 Å². The third-order valence-corrected chi connectivity index (χ3v) is 3.16. The van der Waals surface area contributed by atoms with Crippen LogP contribution in [0.15, 0.2) is 17.1 Å². The third-order valence-electron chi connectivity index (χ3n) is 2.18. The van der Waals surface area contributed by atoms with Crippen LogP contribution in [0.5, 0.6) is 0 Å². The molecule has 1 heterocycles. The number of guanidine groups is 1. The number of thiophene rings is 1. The van der Waals surface area contributed by atoms with Gasteiger partial charge in [0.1, 0.15) is 0 Å². The van der Waals surface area contributed by atoms with Crippen LogP contribution in [0.1, 0.15) is 23.1 Å². The Morgan fingerprint density at radius 1 is 1.53 bits per heavy atom. The fraction of sp³-hybridized carbons (Fsp3) is 0.583. The molecule has 0 unspecified atom stereocenters. The molecule has 0 fully saturated rings. The summed E-state index contributed by atoms with van der Waals surface area (Å²) in [5, 5.41) is 3.07. The first-order valence-electron chi connectivity index (χ1n) is 5.89. The third kappa shape index (κ3) is 6.28. The van der Waals surface area contributed by atoms with Crippen molar-refractivity contribution < 1.29 is 4.74 Å². The molecule has 0 bridgehead atoms. The summed E-state index contributed by atoms with van der Waals surface area (Å²) in [4.78, 5) is 6.82. The lowest BCUT2D eigenvalue weighted by Gasteiger charge is -2.05. The number of hydrogen-bond acceptors (Lipinski definition) is 3. The highest BCUT2D eigenvalue weighted by atomic mass is 32.1. The highest BCUT2D eigenvalue weighted by Gasteiger charge is 1.96. The fourth-order valence-electron chi connectivity index (χ4n) is 1.32. The second kappa shape index (κ2) is 8.08. The van der Waals surface area contributed by atoms with Crippen molar-refractivity contribution in [2.45, 2.75) is 26.8 Å². The lowest BCUT2D eigenvalue weighted by molar-refractivity contribution is 0.145. The van der Waals surface area contributed by atoms with E-state index in [1.165, 1.54) is 9.75 Å². The van der Waals surface area contributed by atoms with Gasteiger partial charge in [-0.1, -0.05) is 0 Å². The summed E-state index contributed by atoms with van der Waals surface area (Å²) in [5.74, 6) is 0.507. The van der Waals surface area contributed by atoms with Crippen LogP contribution in [0.25, 0.3) is 0 Å². The maximum Gasteiger partial charge on any atom is 0.188 e. The SMILES string of the molecule is CCOCCCNC(N)=NCc1ccc(C)s1. The van der Waals surface area contributed by atoms with Crippen molar-refractivity contribution in [3.63, 3.8) is 0 Å². The summed E-state index contributed by atoms with van der Waals surface area (Å²) in [5.41, 5.74) is 5.75. The Morgan fingerprint density at radius 3 is 3.00 bits per heavy atom. The molecular weight excluding hydrogens is 234 g/mol. The molecule has 0 aliphatic rings. The quantitative estimate of drug-likeness (QED) is 0.444. The second-order valence-corrected chi connectivity index (χ2v) is 5.06. The Labute approximate surface area is 107 Å². The minimum atomic E-state index is 0.507. The van der Waals surface area contributed by atoms with E-state index in [2.05, 4.69) is 29.4 Å².